The number of methoxy groups -OCH3 is 1. The maximum atomic E-state index is 12.2. The van der Waals surface area contributed by atoms with Crippen molar-refractivity contribution in [2.24, 2.45) is 0 Å². The fourth-order valence-electron chi connectivity index (χ4n) is 1.32. The number of benzene rings is 1. The lowest BCUT2D eigenvalue weighted by atomic mass is 10.0. The van der Waals surface area contributed by atoms with Crippen LogP contribution in [-0.4, -0.2) is 19.4 Å². The number of hydrogen-bond donors (Lipinski definition) is 0. The average Bonchev–Trinajstić information content (AvgIpc) is 2.31. The summed E-state index contributed by atoms with van der Waals surface area (Å²) in [5.74, 6) is -1.28. The fourth-order valence-corrected chi connectivity index (χ4v) is 1.96. The maximum absolute atomic E-state index is 12.2. The first-order valence-electron chi connectivity index (χ1n) is 4.82. The molecule has 0 bridgehead atoms. The zero-order valence-corrected chi connectivity index (χ0v) is 11.7. The average molecular weight is 385 g/mol. The lowest BCUT2D eigenvalue weighted by Gasteiger charge is -2.13. The molecular weight excluding hydrogens is 378 g/mol. The van der Waals surface area contributed by atoms with Gasteiger partial charge in [0.25, 0.3) is 0 Å². The van der Waals surface area contributed by atoms with E-state index in [1.165, 1.54) is 6.07 Å². The second-order valence-electron chi connectivity index (χ2n) is 3.31. The molecule has 0 radical (unpaired) electrons. The highest BCUT2D eigenvalue weighted by Gasteiger charge is 2.33. The number of nitrogens with zero attached hydrogens (tertiary/aromatic N) is 1. The van der Waals surface area contributed by atoms with Crippen LogP contribution in [0, 0.1) is 14.9 Å². The van der Waals surface area contributed by atoms with Crippen molar-refractivity contribution in [2.45, 2.75) is 12.8 Å². The Morgan fingerprint density at radius 1 is 1.47 bits per heavy atom. The Hall–Kier alpha value is -1.50. The summed E-state index contributed by atoms with van der Waals surface area (Å²) in [4.78, 5) is 11.2. The van der Waals surface area contributed by atoms with Gasteiger partial charge in [0, 0.05) is 3.57 Å². The van der Waals surface area contributed by atoms with Crippen LogP contribution in [0.2, 0.25) is 0 Å². The van der Waals surface area contributed by atoms with Crippen LogP contribution in [0.3, 0.4) is 0 Å². The number of alkyl halides is 3. The second-order valence-corrected chi connectivity index (χ2v) is 4.47. The second kappa shape index (κ2) is 6.10. The van der Waals surface area contributed by atoms with Crippen molar-refractivity contribution >= 4 is 28.6 Å². The van der Waals surface area contributed by atoms with Gasteiger partial charge in [-0.15, -0.1) is 13.2 Å². The molecule has 0 unspecified atom stereocenters. The molecule has 0 aliphatic heterocycles. The van der Waals surface area contributed by atoms with Crippen LogP contribution in [-0.2, 0) is 16.0 Å². The predicted molar refractivity (Wildman–Crippen MR) is 66.3 cm³/mol. The number of carbonyl (C=O) groups excluding carboxylic acids is 1. The van der Waals surface area contributed by atoms with E-state index >= 15 is 0 Å². The lowest BCUT2D eigenvalue weighted by Crippen LogP contribution is -2.19. The Kier molecular flexibility index (Phi) is 4.99. The van der Waals surface area contributed by atoms with Gasteiger partial charge in [-0.05, 0) is 40.3 Å². The van der Waals surface area contributed by atoms with Gasteiger partial charge >= 0.3 is 12.3 Å². The number of carbonyl (C=O) groups is 1. The summed E-state index contributed by atoms with van der Waals surface area (Å²) in [5.41, 5.74) is -0.175. The maximum Gasteiger partial charge on any atom is 0.573 e. The Morgan fingerprint density at radius 2 is 2.11 bits per heavy atom. The highest BCUT2D eigenvalue weighted by molar-refractivity contribution is 14.1. The zero-order chi connectivity index (χ0) is 14.6. The molecule has 0 spiro atoms. The van der Waals surface area contributed by atoms with E-state index in [0.717, 1.165) is 13.2 Å². The molecule has 8 heteroatoms. The molecule has 0 saturated carbocycles. The van der Waals surface area contributed by atoms with Crippen molar-refractivity contribution < 1.29 is 27.4 Å². The van der Waals surface area contributed by atoms with E-state index in [2.05, 4.69) is 9.47 Å². The molecule has 4 nitrogen and oxygen atoms in total. The molecule has 0 amide bonds. The van der Waals surface area contributed by atoms with Gasteiger partial charge in [-0.3, -0.25) is 4.79 Å². The third-order valence-corrected chi connectivity index (χ3v) is 3.11. The van der Waals surface area contributed by atoms with Crippen molar-refractivity contribution in [3.05, 3.63) is 26.8 Å². The SMILES string of the molecule is COC(=O)Cc1c(I)ccc(OC(F)(F)F)c1C#N. The fraction of sp³-hybridized carbons (Fsp3) is 0.273. The van der Waals surface area contributed by atoms with Gasteiger partial charge in [0.2, 0.25) is 0 Å². The number of ether oxygens (including phenoxy) is 2. The number of nitriles is 1. The summed E-state index contributed by atoms with van der Waals surface area (Å²) in [6, 6.07) is 3.99. The first-order valence-corrected chi connectivity index (χ1v) is 5.90. The molecule has 0 aromatic heterocycles. The number of hydrogen-bond acceptors (Lipinski definition) is 4. The Balaban J connectivity index is 3.26. The summed E-state index contributed by atoms with van der Waals surface area (Å²) < 4.78 is 45.3. The van der Waals surface area contributed by atoms with Crippen LogP contribution in [0.1, 0.15) is 11.1 Å². The van der Waals surface area contributed by atoms with Crippen molar-refractivity contribution in [2.75, 3.05) is 7.11 Å². The molecule has 102 valence electrons. The summed E-state index contributed by atoms with van der Waals surface area (Å²) in [6.07, 6.45) is -5.20. The van der Waals surface area contributed by atoms with Crippen LogP contribution in [0.5, 0.6) is 5.75 Å². The van der Waals surface area contributed by atoms with Crippen molar-refractivity contribution in [1.82, 2.24) is 0 Å². The molecular formula is C11H7F3INO3. The third kappa shape index (κ3) is 4.27. The third-order valence-electron chi connectivity index (χ3n) is 2.10. The largest absolute Gasteiger partial charge is 0.573 e. The molecule has 0 heterocycles. The first kappa shape index (κ1) is 15.6. The summed E-state index contributed by atoms with van der Waals surface area (Å²) in [6.45, 7) is 0. The summed E-state index contributed by atoms with van der Waals surface area (Å²) in [7, 11) is 1.15. The van der Waals surface area contributed by atoms with E-state index in [0.29, 0.717) is 3.57 Å². The molecule has 0 fully saturated rings. The molecule has 0 aliphatic rings. The normalized spacial score (nSPS) is 10.7. The topological polar surface area (TPSA) is 59.3 Å². The summed E-state index contributed by atoms with van der Waals surface area (Å²) in [5, 5.41) is 8.95. The lowest BCUT2D eigenvalue weighted by molar-refractivity contribution is -0.274. The highest BCUT2D eigenvalue weighted by Crippen LogP contribution is 2.31. The van der Waals surface area contributed by atoms with Gasteiger partial charge in [0.15, 0.2) is 0 Å². The van der Waals surface area contributed by atoms with Gasteiger partial charge < -0.3 is 9.47 Å². The molecule has 0 atom stereocenters. The van der Waals surface area contributed by atoms with Gasteiger partial charge in [0.1, 0.15) is 11.8 Å². The van der Waals surface area contributed by atoms with Crippen LogP contribution in [0.15, 0.2) is 12.1 Å². The van der Waals surface area contributed by atoms with Gasteiger partial charge in [0.05, 0.1) is 19.1 Å². The molecule has 1 aromatic rings. The minimum Gasteiger partial charge on any atom is -0.469 e. The van der Waals surface area contributed by atoms with Crippen LogP contribution < -0.4 is 4.74 Å². The van der Waals surface area contributed by atoms with E-state index in [-0.39, 0.29) is 17.5 Å². The Labute approximate surface area is 120 Å². The van der Waals surface area contributed by atoms with Crippen molar-refractivity contribution in [3.8, 4) is 11.8 Å². The smallest absolute Gasteiger partial charge is 0.469 e. The number of esters is 1. The van der Waals surface area contributed by atoms with Crippen LogP contribution in [0.25, 0.3) is 0 Å². The van der Waals surface area contributed by atoms with E-state index in [4.69, 9.17) is 5.26 Å². The molecule has 0 aliphatic carbocycles. The van der Waals surface area contributed by atoms with E-state index in [1.807, 2.05) is 22.6 Å². The summed E-state index contributed by atoms with van der Waals surface area (Å²) >= 11 is 1.82. The van der Waals surface area contributed by atoms with Gasteiger partial charge in [-0.2, -0.15) is 5.26 Å². The molecule has 0 saturated heterocycles. The zero-order valence-electron chi connectivity index (χ0n) is 9.55. The minimum atomic E-state index is -4.90. The van der Waals surface area contributed by atoms with Gasteiger partial charge in [-0.1, -0.05) is 0 Å². The van der Waals surface area contributed by atoms with Crippen LogP contribution in [0.4, 0.5) is 13.2 Å². The standard InChI is InChI=1S/C11H7F3INO3/c1-18-10(17)4-6-7(5-16)9(3-2-8(6)15)19-11(12,13)14/h2-3H,4H2,1H3. The highest BCUT2D eigenvalue weighted by atomic mass is 127. The molecule has 1 rings (SSSR count). The molecule has 1 aromatic carbocycles. The van der Waals surface area contributed by atoms with E-state index in [1.54, 1.807) is 6.07 Å². The van der Waals surface area contributed by atoms with Crippen molar-refractivity contribution in [3.63, 3.8) is 0 Å². The van der Waals surface area contributed by atoms with E-state index < -0.39 is 18.1 Å². The monoisotopic (exact) mass is 385 g/mol. The Morgan fingerprint density at radius 3 is 2.58 bits per heavy atom. The quantitative estimate of drug-likeness (QED) is 0.593. The van der Waals surface area contributed by atoms with Gasteiger partial charge in [-0.25, -0.2) is 0 Å². The Bertz CT molecular complexity index is 537. The number of halogens is 4. The number of rotatable bonds is 3. The predicted octanol–water partition coefficient (Wildman–Crippen LogP) is 2.78. The van der Waals surface area contributed by atoms with E-state index in [9.17, 15) is 18.0 Å². The molecule has 0 N–H and O–H groups in total. The first-order chi connectivity index (χ1) is 8.78. The van der Waals surface area contributed by atoms with Crippen LogP contribution >= 0.6 is 22.6 Å². The molecule has 19 heavy (non-hydrogen) atoms. The minimum absolute atomic E-state index is 0.150. The van der Waals surface area contributed by atoms with Crippen molar-refractivity contribution in [1.29, 1.82) is 5.26 Å².